The normalized spacial score (nSPS) is 22.9. The van der Waals surface area contributed by atoms with Gasteiger partial charge in [-0.25, -0.2) is 4.79 Å². The van der Waals surface area contributed by atoms with Crippen LogP contribution in [0.3, 0.4) is 0 Å². The van der Waals surface area contributed by atoms with E-state index in [1.165, 1.54) is 20.0 Å². The van der Waals surface area contributed by atoms with Crippen molar-refractivity contribution in [1.82, 2.24) is 0 Å². The number of halogens is 1. The van der Waals surface area contributed by atoms with Crippen molar-refractivity contribution in [3.05, 3.63) is 28.8 Å². The summed E-state index contributed by atoms with van der Waals surface area (Å²) in [5.74, 6) is 0.479. The van der Waals surface area contributed by atoms with Gasteiger partial charge in [-0.05, 0) is 49.8 Å². The van der Waals surface area contributed by atoms with Gasteiger partial charge in [0.1, 0.15) is 0 Å². The third kappa shape index (κ3) is 3.63. The highest BCUT2D eigenvalue weighted by Gasteiger charge is 2.19. The number of nitrogens with one attached hydrogen (secondary N) is 1. The van der Waals surface area contributed by atoms with Crippen LogP contribution >= 0.6 is 11.6 Å². The summed E-state index contributed by atoms with van der Waals surface area (Å²) in [6.45, 7) is 2.29. The molecule has 1 aromatic rings. The fourth-order valence-corrected chi connectivity index (χ4v) is 2.68. The minimum absolute atomic E-state index is 0.336. The number of ether oxygens (including phenoxy) is 1. The topological polar surface area (TPSA) is 38.3 Å². The Morgan fingerprint density at radius 1 is 1.32 bits per heavy atom. The SMILES string of the molecule is COC(=O)c1ccc(Cl)c(NC2CCC(C)CC2)c1. The Balaban J connectivity index is 2.08. The van der Waals surface area contributed by atoms with E-state index in [0.29, 0.717) is 16.6 Å². The second-order valence-corrected chi connectivity index (χ2v) is 5.69. The van der Waals surface area contributed by atoms with Gasteiger partial charge in [-0.3, -0.25) is 0 Å². The third-order valence-corrected chi connectivity index (χ3v) is 4.09. The molecule has 0 aromatic heterocycles. The van der Waals surface area contributed by atoms with E-state index in [4.69, 9.17) is 16.3 Å². The van der Waals surface area contributed by atoms with Gasteiger partial charge < -0.3 is 10.1 Å². The lowest BCUT2D eigenvalue weighted by atomic mass is 9.87. The Kier molecular flexibility index (Phi) is 4.70. The average Bonchev–Trinajstić information content (AvgIpc) is 2.43. The lowest BCUT2D eigenvalue weighted by Gasteiger charge is -2.28. The van der Waals surface area contributed by atoms with Gasteiger partial charge in [0.25, 0.3) is 0 Å². The van der Waals surface area contributed by atoms with Gasteiger partial charge in [0.05, 0.1) is 23.4 Å². The molecule has 1 aliphatic rings. The van der Waals surface area contributed by atoms with E-state index in [0.717, 1.165) is 24.4 Å². The maximum Gasteiger partial charge on any atom is 0.337 e. The number of esters is 1. The van der Waals surface area contributed by atoms with Crippen LogP contribution in [0.5, 0.6) is 0 Å². The molecule has 1 fully saturated rings. The summed E-state index contributed by atoms with van der Waals surface area (Å²) >= 11 is 6.18. The van der Waals surface area contributed by atoms with Crippen molar-refractivity contribution in [2.24, 2.45) is 5.92 Å². The summed E-state index contributed by atoms with van der Waals surface area (Å²) in [6.07, 6.45) is 4.79. The van der Waals surface area contributed by atoms with Gasteiger partial charge in [-0.2, -0.15) is 0 Å². The summed E-state index contributed by atoms with van der Waals surface area (Å²) in [5.41, 5.74) is 1.35. The van der Waals surface area contributed by atoms with Gasteiger partial charge >= 0.3 is 5.97 Å². The van der Waals surface area contributed by atoms with Crippen LogP contribution in [0.4, 0.5) is 5.69 Å². The molecule has 0 aliphatic heterocycles. The van der Waals surface area contributed by atoms with Gasteiger partial charge in [-0.15, -0.1) is 0 Å². The summed E-state index contributed by atoms with van der Waals surface area (Å²) in [6, 6.07) is 5.64. The largest absolute Gasteiger partial charge is 0.465 e. The number of benzene rings is 1. The predicted octanol–water partition coefficient (Wildman–Crippen LogP) is 4.12. The monoisotopic (exact) mass is 281 g/mol. The lowest BCUT2D eigenvalue weighted by molar-refractivity contribution is 0.0601. The van der Waals surface area contributed by atoms with Crippen LogP contribution in [0.25, 0.3) is 0 Å². The third-order valence-electron chi connectivity index (χ3n) is 3.76. The fourth-order valence-electron chi connectivity index (χ4n) is 2.51. The zero-order valence-electron chi connectivity index (χ0n) is 11.4. The Morgan fingerprint density at radius 3 is 2.63 bits per heavy atom. The number of carbonyl (C=O) groups excluding carboxylic acids is 1. The molecule has 0 spiro atoms. The molecule has 0 saturated heterocycles. The molecule has 19 heavy (non-hydrogen) atoms. The molecule has 0 amide bonds. The van der Waals surface area contributed by atoms with E-state index in [-0.39, 0.29) is 5.97 Å². The van der Waals surface area contributed by atoms with E-state index in [1.54, 1.807) is 18.2 Å². The predicted molar refractivity (Wildman–Crippen MR) is 77.8 cm³/mol. The molecule has 1 aliphatic carbocycles. The van der Waals surface area contributed by atoms with Crippen molar-refractivity contribution in [3.63, 3.8) is 0 Å². The molecule has 0 heterocycles. The molecule has 0 atom stereocenters. The zero-order chi connectivity index (χ0) is 13.8. The van der Waals surface area contributed by atoms with Crippen molar-refractivity contribution >= 4 is 23.3 Å². The number of hydrogen-bond acceptors (Lipinski definition) is 3. The molecule has 1 saturated carbocycles. The Bertz CT molecular complexity index is 453. The highest BCUT2D eigenvalue weighted by atomic mass is 35.5. The van der Waals surface area contributed by atoms with Crippen molar-refractivity contribution in [2.45, 2.75) is 38.6 Å². The fraction of sp³-hybridized carbons (Fsp3) is 0.533. The van der Waals surface area contributed by atoms with Crippen LogP contribution in [-0.4, -0.2) is 19.1 Å². The molecule has 3 nitrogen and oxygen atoms in total. The van der Waals surface area contributed by atoms with E-state index in [2.05, 4.69) is 12.2 Å². The molecule has 0 bridgehead atoms. The second-order valence-electron chi connectivity index (χ2n) is 5.29. The molecule has 104 valence electrons. The minimum atomic E-state index is -0.336. The Hall–Kier alpha value is -1.22. The second kappa shape index (κ2) is 6.29. The van der Waals surface area contributed by atoms with Crippen LogP contribution in [0.1, 0.15) is 43.0 Å². The quantitative estimate of drug-likeness (QED) is 0.847. The van der Waals surface area contributed by atoms with E-state index in [1.807, 2.05) is 0 Å². The molecule has 0 unspecified atom stereocenters. The van der Waals surface area contributed by atoms with E-state index in [9.17, 15) is 4.79 Å². The van der Waals surface area contributed by atoms with Crippen molar-refractivity contribution in [3.8, 4) is 0 Å². The zero-order valence-corrected chi connectivity index (χ0v) is 12.2. The molecule has 1 N–H and O–H groups in total. The standard InChI is InChI=1S/C15H20ClNO2/c1-10-3-6-12(7-4-10)17-14-9-11(15(18)19-2)5-8-13(14)16/h5,8-10,12,17H,3-4,6-7H2,1-2H3. The van der Waals surface area contributed by atoms with Gasteiger partial charge in [0.15, 0.2) is 0 Å². The maximum absolute atomic E-state index is 11.5. The minimum Gasteiger partial charge on any atom is -0.465 e. The van der Waals surface area contributed by atoms with Crippen LogP contribution in [0, 0.1) is 5.92 Å². The smallest absolute Gasteiger partial charge is 0.337 e. The Morgan fingerprint density at radius 2 is 2.00 bits per heavy atom. The molecule has 1 aromatic carbocycles. The molecular weight excluding hydrogens is 262 g/mol. The van der Waals surface area contributed by atoms with Crippen LogP contribution in [0.15, 0.2) is 18.2 Å². The van der Waals surface area contributed by atoms with Crippen molar-refractivity contribution in [2.75, 3.05) is 12.4 Å². The van der Waals surface area contributed by atoms with Gasteiger partial charge in [-0.1, -0.05) is 18.5 Å². The first-order valence-corrected chi connectivity index (χ1v) is 7.12. The highest BCUT2D eigenvalue weighted by Crippen LogP contribution is 2.29. The van der Waals surface area contributed by atoms with Gasteiger partial charge in [0.2, 0.25) is 0 Å². The molecule has 4 heteroatoms. The molecule has 2 rings (SSSR count). The number of anilines is 1. The van der Waals surface area contributed by atoms with Crippen LogP contribution in [-0.2, 0) is 4.74 Å². The van der Waals surface area contributed by atoms with Gasteiger partial charge in [0, 0.05) is 6.04 Å². The van der Waals surface area contributed by atoms with E-state index >= 15 is 0 Å². The maximum atomic E-state index is 11.5. The summed E-state index contributed by atoms with van der Waals surface area (Å²) in [7, 11) is 1.38. The van der Waals surface area contributed by atoms with Crippen molar-refractivity contribution in [1.29, 1.82) is 0 Å². The summed E-state index contributed by atoms with van der Waals surface area (Å²) in [4.78, 5) is 11.5. The van der Waals surface area contributed by atoms with Crippen molar-refractivity contribution < 1.29 is 9.53 Å². The van der Waals surface area contributed by atoms with E-state index < -0.39 is 0 Å². The molecule has 0 radical (unpaired) electrons. The molecular formula is C15H20ClNO2. The number of carbonyl (C=O) groups is 1. The highest BCUT2D eigenvalue weighted by molar-refractivity contribution is 6.33. The van der Waals surface area contributed by atoms with Crippen LogP contribution < -0.4 is 5.32 Å². The number of methoxy groups -OCH3 is 1. The Labute approximate surface area is 119 Å². The average molecular weight is 282 g/mol. The lowest BCUT2D eigenvalue weighted by Crippen LogP contribution is -2.25. The number of rotatable bonds is 3. The summed E-state index contributed by atoms with van der Waals surface area (Å²) < 4.78 is 4.73. The van der Waals surface area contributed by atoms with Crippen LogP contribution in [0.2, 0.25) is 5.02 Å². The summed E-state index contributed by atoms with van der Waals surface area (Å²) in [5, 5.41) is 4.09. The first kappa shape index (κ1) is 14.2. The number of hydrogen-bond donors (Lipinski definition) is 1. The first-order chi connectivity index (χ1) is 9.10. The first-order valence-electron chi connectivity index (χ1n) is 6.74.